The molecule has 0 saturated carbocycles. The summed E-state index contributed by atoms with van der Waals surface area (Å²) in [6.07, 6.45) is 5.37. The zero-order valence-electron chi connectivity index (χ0n) is 13.5. The molecule has 0 aliphatic carbocycles. The van der Waals surface area contributed by atoms with Gasteiger partial charge < -0.3 is 5.32 Å². The lowest BCUT2D eigenvalue weighted by Gasteiger charge is -2.05. The van der Waals surface area contributed by atoms with Crippen molar-refractivity contribution in [2.45, 2.75) is 13.8 Å². The normalized spacial score (nSPS) is 11.8. The molecule has 1 aromatic carbocycles. The van der Waals surface area contributed by atoms with E-state index in [9.17, 15) is 4.79 Å². The molecule has 2 heterocycles. The second kappa shape index (κ2) is 7.81. The van der Waals surface area contributed by atoms with Crippen LogP contribution in [0.25, 0.3) is 17.0 Å². The fourth-order valence-corrected chi connectivity index (χ4v) is 4.16. The van der Waals surface area contributed by atoms with E-state index in [2.05, 4.69) is 37.4 Å². The van der Waals surface area contributed by atoms with Crippen LogP contribution in [-0.4, -0.2) is 20.4 Å². The van der Waals surface area contributed by atoms with Gasteiger partial charge in [-0.1, -0.05) is 23.7 Å². The molecule has 0 aliphatic heterocycles. The zero-order chi connectivity index (χ0) is 18.0. The first-order valence-corrected chi connectivity index (χ1v) is 11.9. The molecular weight excluding hydrogens is 470 g/mol. The van der Waals surface area contributed by atoms with Gasteiger partial charge in [-0.3, -0.25) is 9.78 Å². The van der Waals surface area contributed by atoms with Crippen LogP contribution in [0.1, 0.15) is 17.0 Å². The van der Waals surface area contributed by atoms with Gasteiger partial charge in [0.2, 0.25) is 5.91 Å². The van der Waals surface area contributed by atoms with E-state index in [4.69, 9.17) is 11.6 Å². The summed E-state index contributed by atoms with van der Waals surface area (Å²) < 4.78 is 1.98. The molecule has 3 rings (SSSR count). The summed E-state index contributed by atoms with van der Waals surface area (Å²) in [6.45, 7) is 3.82. The third kappa shape index (κ3) is 4.19. The molecule has 1 unspecified atom stereocenters. The maximum Gasteiger partial charge on any atom is 0.248 e. The number of carbonyl (C=O) groups excluding carboxylic acids is 1. The van der Waals surface area contributed by atoms with E-state index in [1.807, 2.05) is 36.5 Å². The molecule has 0 bridgehead atoms. The summed E-state index contributed by atoms with van der Waals surface area (Å²) in [6, 6.07) is 7.74. The number of halogens is 2. The lowest BCUT2D eigenvalue weighted by Crippen LogP contribution is -2.09. The molecule has 1 N–H and O–H groups in total. The SMILES string of the molecule is Cc1ncc(Cl)cc1NC(=O)/C=C/c1ccc2c(C)nn(PI)c2c1. The molecule has 128 valence electrons. The monoisotopic (exact) mass is 484 g/mol. The minimum Gasteiger partial charge on any atom is -0.321 e. The second-order valence-electron chi connectivity index (χ2n) is 5.47. The van der Waals surface area contributed by atoms with E-state index in [0.717, 1.165) is 27.9 Å². The quantitative estimate of drug-likeness (QED) is 0.317. The van der Waals surface area contributed by atoms with Crippen molar-refractivity contribution >= 4 is 68.6 Å². The van der Waals surface area contributed by atoms with Crippen molar-refractivity contribution in [3.63, 3.8) is 0 Å². The van der Waals surface area contributed by atoms with E-state index in [1.54, 1.807) is 18.3 Å². The molecular formula is C17H15ClIN4OP. The Labute approximate surface area is 165 Å². The van der Waals surface area contributed by atoms with Gasteiger partial charge in [0, 0.05) is 17.7 Å². The summed E-state index contributed by atoms with van der Waals surface area (Å²) in [5, 5.41) is 8.93. The van der Waals surface area contributed by atoms with Crippen molar-refractivity contribution in [3.05, 3.63) is 58.5 Å². The number of aromatic nitrogens is 3. The summed E-state index contributed by atoms with van der Waals surface area (Å²) in [5.41, 5.74) is 4.35. The standard InChI is InChI=1S/C17H15ClIN4OP/c1-10-14-5-3-12(7-16(14)23(22-10)25-19)4-6-17(24)21-15-8-13(18)9-20-11(15)2/h3-9,25H,1-2H3,(H,21,24)/b6-4+. The minimum atomic E-state index is -0.229. The number of pyridine rings is 1. The zero-order valence-corrected chi connectivity index (χ0v) is 17.5. The van der Waals surface area contributed by atoms with Crippen LogP contribution in [0.15, 0.2) is 36.5 Å². The number of nitrogens with zero attached hydrogens (tertiary/aromatic N) is 3. The smallest absolute Gasteiger partial charge is 0.248 e. The number of hydrogen-bond donors (Lipinski definition) is 1. The predicted octanol–water partition coefficient (Wildman–Crippen LogP) is 5.15. The van der Waals surface area contributed by atoms with Crippen LogP contribution in [0.2, 0.25) is 5.02 Å². The maximum atomic E-state index is 12.2. The molecule has 5 nitrogen and oxygen atoms in total. The minimum absolute atomic E-state index is 0.229. The fraction of sp³-hybridized carbons (Fsp3) is 0.118. The first-order valence-electron chi connectivity index (χ1n) is 7.45. The van der Waals surface area contributed by atoms with Crippen LogP contribution >= 0.6 is 40.0 Å². The van der Waals surface area contributed by atoms with Gasteiger partial charge in [-0.15, -0.1) is 0 Å². The van der Waals surface area contributed by atoms with Crippen molar-refractivity contribution in [2.24, 2.45) is 0 Å². The number of amides is 1. The molecule has 3 aromatic rings. The van der Waals surface area contributed by atoms with Crippen LogP contribution in [0.5, 0.6) is 0 Å². The lowest BCUT2D eigenvalue weighted by molar-refractivity contribution is -0.111. The van der Waals surface area contributed by atoms with Gasteiger partial charge in [0.1, 0.15) is 0 Å². The Kier molecular flexibility index (Phi) is 5.71. The van der Waals surface area contributed by atoms with Gasteiger partial charge in [-0.05, 0) is 59.7 Å². The average molecular weight is 485 g/mol. The number of benzene rings is 1. The van der Waals surface area contributed by atoms with Gasteiger partial charge in [0.25, 0.3) is 0 Å². The van der Waals surface area contributed by atoms with Gasteiger partial charge in [-0.25, -0.2) is 4.45 Å². The van der Waals surface area contributed by atoms with Crippen molar-refractivity contribution in [3.8, 4) is 0 Å². The molecule has 0 saturated heterocycles. The van der Waals surface area contributed by atoms with Gasteiger partial charge in [-0.2, -0.15) is 5.10 Å². The largest absolute Gasteiger partial charge is 0.321 e. The molecule has 0 fully saturated rings. The summed E-state index contributed by atoms with van der Waals surface area (Å²) in [5.74, 6) is -0.229. The highest BCUT2D eigenvalue weighted by Crippen LogP contribution is 2.30. The van der Waals surface area contributed by atoms with Crippen molar-refractivity contribution < 1.29 is 4.79 Å². The summed E-state index contributed by atoms with van der Waals surface area (Å²) in [4.78, 5) is 16.3. The van der Waals surface area contributed by atoms with E-state index in [0.29, 0.717) is 17.1 Å². The number of fused-ring (bicyclic) bond motifs is 1. The van der Waals surface area contributed by atoms with Crippen LogP contribution < -0.4 is 5.32 Å². The van der Waals surface area contributed by atoms with Crippen LogP contribution in [-0.2, 0) is 4.79 Å². The Morgan fingerprint density at radius 2 is 2.12 bits per heavy atom. The third-order valence-corrected chi connectivity index (χ3v) is 5.79. The molecule has 0 radical (unpaired) electrons. The highest BCUT2D eigenvalue weighted by Gasteiger charge is 2.07. The Balaban J connectivity index is 1.80. The first kappa shape index (κ1) is 18.3. The van der Waals surface area contributed by atoms with Crippen molar-refractivity contribution in [1.82, 2.24) is 14.5 Å². The molecule has 0 spiro atoms. The number of aryl methyl sites for hydroxylation is 2. The lowest BCUT2D eigenvalue weighted by atomic mass is 10.1. The summed E-state index contributed by atoms with van der Waals surface area (Å²) >= 11 is 8.23. The number of carbonyl (C=O) groups is 1. The molecule has 2 aromatic heterocycles. The molecule has 8 heteroatoms. The molecule has 25 heavy (non-hydrogen) atoms. The molecule has 1 atom stereocenters. The Bertz CT molecular complexity index is 986. The van der Waals surface area contributed by atoms with Crippen molar-refractivity contribution in [1.29, 1.82) is 0 Å². The van der Waals surface area contributed by atoms with Crippen LogP contribution in [0.3, 0.4) is 0 Å². The molecule has 1 amide bonds. The Morgan fingerprint density at radius 3 is 2.88 bits per heavy atom. The number of rotatable bonds is 4. The average Bonchev–Trinajstić information content (AvgIpc) is 2.92. The third-order valence-electron chi connectivity index (χ3n) is 3.71. The highest BCUT2D eigenvalue weighted by molar-refractivity contribution is 14.2. The fourth-order valence-electron chi connectivity index (χ4n) is 2.44. The van der Waals surface area contributed by atoms with Gasteiger partial charge >= 0.3 is 0 Å². The van der Waals surface area contributed by atoms with Gasteiger partial charge in [0.05, 0.1) is 34.0 Å². The highest BCUT2D eigenvalue weighted by atomic mass is 127. The van der Waals surface area contributed by atoms with Gasteiger partial charge in [0.15, 0.2) is 0 Å². The van der Waals surface area contributed by atoms with Crippen molar-refractivity contribution in [2.75, 3.05) is 5.32 Å². The Morgan fingerprint density at radius 1 is 1.32 bits per heavy atom. The Hall–Kier alpha value is -1.50. The van der Waals surface area contributed by atoms with Crippen LogP contribution in [0, 0.1) is 13.8 Å². The second-order valence-corrected chi connectivity index (χ2v) is 7.94. The maximum absolute atomic E-state index is 12.2. The number of nitrogens with one attached hydrogen (secondary N) is 1. The summed E-state index contributed by atoms with van der Waals surface area (Å²) in [7, 11) is 0. The number of hydrogen-bond acceptors (Lipinski definition) is 3. The number of anilines is 1. The van der Waals surface area contributed by atoms with E-state index in [-0.39, 0.29) is 5.91 Å². The van der Waals surface area contributed by atoms with E-state index >= 15 is 0 Å². The van der Waals surface area contributed by atoms with Crippen LogP contribution in [0.4, 0.5) is 5.69 Å². The predicted molar refractivity (Wildman–Crippen MR) is 114 cm³/mol. The van der Waals surface area contributed by atoms with E-state index in [1.165, 1.54) is 6.08 Å². The van der Waals surface area contributed by atoms with E-state index < -0.39 is 0 Å². The topological polar surface area (TPSA) is 59.8 Å². The molecule has 0 aliphatic rings. The first-order chi connectivity index (χ1) is 12.0.